The lowest BCUT2D eigenvalue weighted by atomic mass is 9.79. The molecule has 0 spiro atoms. The Morgan fingerprint density at radius 3 is 2.65 bits per heavy atom. The maximum absolute atomic E-state index is 12.5. The summed E-state index contributed by atoms with van der Waals surface area (Å²) in [6, 6.07) is 10.4. The van der Waals surface area contributed by atoms with E-state index < -0.39 is 10.0 Å². The molecule has 23 heavy (non-hydrogen) atoms. The molecule has 0 radical (unpaired) electrons. The highest BCUT2D eigenvalue weighted by Crippen LogP contribution is 2.37. The van der Waals surface area contributed by atoms with Crippen LogP contribution in [0, 0.1) is 0 Å². The number of halogens is 1. The van der Waals surface area contributed by atoms with Crippen molar-refractivity contribution in [2.24, 2.45) is 0 Å². The summed E-state index contributed by atoms with van der Waals surface area (Å²) in [6.07, 6.45) is 1.62. The van der Waals surface area contributed by atoms with Crippen molar-refractivity contribution >= 4 is 33.0 Å². The summed E-state index contributed by atoms with van der Waals surface area (Å²) in [5.74, 6) is 0. The second kappa shape index (κ2) is 6.91. The van der Waals surface area contributed by atoms with Crippen LogP contribution in [0.4, 0.5) is 0 Å². The molecule has 1 aromatic carbocycles. The van der Waals surface area contributed by atoms with E-state index in [4.69, 9.17) is 16.3 Å². The molecule has 2 aromatic rings. The molecular formula is C16H18ClNO3S2. The van der Waals surface area contributed by atoms with E-state index in [0.29, 0.717) is 24.8 Å². The lowest BCUT2D eigenvalue weighted by Gasteiger charge is -2.36. The Kier molecular flexibility index (Phi) is 5.08. The van der Waals surface area contributed by atoms with Gasteiger partial charge in [0.1, 0.15) is 0 Å². The number of nitrogens with one attached hydrogen (secondary N) is 1. The first-order chi connectivity index (χ1) is 11.0. The molecular weight excluding hydrogens is 354 g/mol. The summed E-state index contributed by atoms with van der Waals surface area (Å²) >= 11 is 7.57. The number of sulfonamides is 1. The zero-order valence-electron chi connectivity index (χ0n) is 12.5. The molecule has 1 saturated heterocycles. The normalized spacial score (nSPS) is 18.0. The molecule has 0 aliphatic carbocycles. The van der Waals surface area contributed by atoms with E-state index in [-0.39, 0.29) is 10.3 Å². The first-order valence-electron chi connectivity index (χ1n) is 7.39. The number of rotatable bonds is 5. The van der Waals surface area contributed by atoms with Gasteiger partial charge in [0.2, 0.25) is 10.0 Å². The van der Waals surface area contributed by atoms with Gasteiger partial charge in [-0.25, -0.2) is 13.1 Å². The Hall–Kier alpha value is -0.920. The highest BCUT2D eigenvalue weighted by Gasteiger charge is 2.36. The maximum atomic E-state index is 12.5. The molecule has 1 aliphatic heterocycles. The van der Waals surface area contributed by atoms with Crippen molar-refractivity contribution in [3.05, 3.63) is 51.7 Å². The Morgan fingerprint density at radius 1 is 1.22 bits per heavy atom. The van der Waals surface area contributed by atoms with Gasteiger partial charge in [0.05, 0.1) is 4.90 Å². The summed E-state index contributed by atoms with van der Waals surface area (Å²) in [6.45, 7) is 1.67. The summed E-state index contributed by atoms with van der Waals surface area (Å²) in [5, 5.41) is 2.43. The molecule has 7 heteroatoms. The average molecular weight is 372 g/mol. The van der Waals surface area contributed by atoms with Gasteiger partial charge < -0.3 is 4.74 Å². The number of hydrogen-bond donors (Lipinski definition) is 1. The quantitative estimate of drug-likeness (QED) is 0.876. The van der Waals surface area contributed by atoms with E-state index in [1.54, 1.807) is 29.5 Å². The summed E-state index contributed by atoms with van der Waals surface area (Å²) in [4.78, 5) is 1.40. The lowest BCUT2D eigenvalue weighted by Crippen LogP contribution is -2.44. The second-order valence-electron chi connectivity index (χ2n) is 5.65. The highest BCUT2D eigenvalue weighted by molar-refractivity contribution is 7.89. The molecule has 0 amide bonds. The van der Waals surface area contributed by atoms with Crippen LogP contribution in [0.1, 0.15) is 17.7 Å². The van der Waals surface area contributed by atoms with Gasteiger partial charge in [-0.1, -0.05) is 23.7 Å². The van der Waals surface area contributed by atoms with Gasteiger partial charge in [-0.15, -0.1) is 11.3 Å². The average Bonchev–Trinajstić information content (AvgIpc) is 3.09. The molecule has 2 heterocycles. The minimum Gasteiger partial charge on any atom is -0.381 e. The number of ether oxygens (including phenoxy) is 1. The Balaban J connectivity index is 1.82. The van der Waals surface area contributed by atoms with Crippen molar-refractivity contribution in [2.75, 3.05) is 19.8 Å². The molecule has 1 N–H and O–H groups in total. The van der Waals surface area contributed by atoms with Crippen LogP contribution in [0.25, 0.3) is 0 Å². The third-order valence-electron chi connectivity index (χ3n) is 4.20. The maximum Gasteiger partial charge on any atom is 0.240 e. The number of hydrogen-bond acceptors (Lipinski definition) is 4. The summed E-state index contributed by atoms with van der Waals surface area (Å²) in [5.41, 5.74) is -0.196. The Morgan fingerprint density at radius 2 is 2.00 bits per heavy atom. The van der Waals surface area contributed by atoms with Crippen LogP contribution < -0.4 is 4.72 Å². The van der Waals surface area contributed by atoms with Gasteiger partial charge in [0, 0.05) is 35.1 Å². The molecule has 4 nitrogen and oxygen atoms in total. The smallest absolute Gasteiger partial charge is 0.240 e. The fraction of sp³-hybridized carbons (Fsp3) is 0.375. The largest absolute Gasteiger partial charge is 0.381 e. The summed E-state index contributed by atoms with van der Waals surface area (Å²) < 4.78 is 33.3. The molecule has 124 valence electrons. The van der Waals surface area contributed by atoms with Crippen molar-refractivity contribution in [1.82, 2.24) is 4.72 Å². The first-order valence-corrected chi connectivity index (χ1v) is 10.1. The molecule has 0 unspecified atom stereocenters. The standard InChI is InChI=1S/C16H18ClNO3S2/c17-13-3-1-4-14(11-13)23(19,20)18-12-16(6-8-21-9-7-16)15-5-2-10-22-15/h1-5,10-11,18H,6-9,12H2. The molecule has 3 rings (SSSR count). The third kappa shape index (κ3) is 3.78. The molecule has 0 saturated carbocycles. The topological polar surface area (TPSA) is 55.4 Å². The van der Waals surface area contributed by atoms with Crippen LogP contribution >= 0.6 is 22.9 Å². The minimum atomic E-state index is -3.58. The predicted molar refractivity (Wildman–Crippen MR) is 92.7 cm³/mol. The van der Waals surface area contributed by atoms with Crippen LogP contribution in [-0.4, -0.2) is 28.2 Å². The van der Waals surface area contributed by atoms with Gasteiger partial charge in [0.25, 0.3) is 0 Å². The van der Waals surface area contributed by atoms with Crippen molar-refractivity contribution in [3.63, 3.8) is 0 Å². The van der Waals surface area contributed by atoms with Gasteiger partial charge in [-0.05, 0) is 42.5 Å². The molecule has 1 fully saturated rings. The fourth-order valence-electron chi connectivity index (χ4n) is 2.80. The van der Waals surface area contributed by atoms with E-state index in [1.165, 1.54) is 10.9 Å². The van der Waals surface area contributed by atoms with E-state index in [1.807, 2.05) is 11.4 Å². The molecule has 0 atom stereocenters. The van der Waals surface area contributed by atoms with Crippen LogP contribution in [0.15, 0.2) is 46.7 Å². The monoisotopic (exact) mass is 371 g/mol. The van der Waals surface area contributed by atoms with Gasteiger partial charge in [0.15, 0.2) is 0 Å². The molecule has 1 aromatic heterocycles. The Labute approximate surface area is 145 Å². The van der Waals surface area contributed by atoms with Crippen LogP contribution in [0.5, 0.6) is 0 Å². The lowest BCUT2D eigenvalue weighted by molar-refractivity contribution is 0.0529. The molecule has 0 bridgehead atoms. The Bertz CT molecular complexity index is 753. The number of thiophene rings is 1. The van der Waals surface area contributed by atoms with Gasteiger partial charge in [-0.2, -0.15) is 0 Å². The minimum absolute atomic E-state index is 0.193. The second-order valence-corrected chi connectivity index (χ2v) is 8.80. The van der Waals surface area contributed by atoms with E-state index in [2.05, 4.69) is 10.8 Å². The van der Waals surface area contributed by atoms with Crippen molar-refractivity contribution < 1.29 is 13.2 Å². The van der Waals surface area contributed by atoms with Crippen LogP contribution in [0.3, 0.4) is 0 Å². The zero-order chi connectivity index (χ0) is 16.3. The SMILES string of the molecule is O=S(=O)(NCC1(c2cccs2)CCOCC1)c1cccc(Cl)c1. The van der Waals surface area contributed by atoms with E-state index in [9.17, 15) is 8.42 Å². The van der Waals surface area contributed by atoms with Gasteiger partial charge >= 0.3 is 0 Å². The van der Waals surface area contributed by atoms with Crippen molar-refractivity contribution in [3.8, 4) is 0 Å². The van der Waals surface area contributed by atoms with Gasteiger partial charge in [-0.3, -0.25) is 0 Å². The van der Waals surface area contributed by atoms with E-state index in [0.717, 1.165) is 12.8 Å². The third-order valence-corrected chi connectivity index (χ3v) is 6.95. The van der Waals surface area contributed by atoms with Crippen molar-refractivity contribution in [1.29, 1.82) is 0 Å². The summed E-state index contributed by atoms with van der Waals surface area (Å²) in [7, 11) is -3.58. The predicted octanol–water partition coefficient (Wildman–Crippen LogP) is 3.43. The highest BCUT2D eigenvalue weighted by atomic mass is 35.5. The fourth-order valence-corrected chi connectivity index (χ4v) is 5.22. The first kappa shape index (κ1) is 16.9. The number of benzene rings is 1. The van der Waals surface area contributed by atoms with Crippen molar-refractivity contribution in [2.45, 2.75) is 23.2 Å². The van der Waals surface area contributed by atoms with E-state index >= 15 is 0 Å². The van der Waals surface area contributed by atoms with Crippen LogP contribution in [0.2, 0.25) is 5.02 Å². The molecule has 1 aliphatic rings. The van der Waals surface area contributed by atoms with Crippen LogP contribution in [-0.2, 0) is 20.2 Å². The zero-order valence-corrected chi connectivity index (χ0v) is 14.9.